The summed E-state index contributed by atoms with van der Waals surface area (Å²) in [5, 5.41) is 0. The van der Waals surface area contributed by atoms with Crippen molar-refractivity contribution >= 4 is 0 Å². The number of rotatable bonds is 4. The number of methoxy groups -OCH3 is 1. The van der Waals surface area contributed by atoms with Crippen LogP contribution in [0.25, 0.3) is 0 Å². The molecular formula is C15H23NO. The Kier molecular flexibility index (Phi) is 4.57. The van der Waals surface area contributed by atoms with Crippen molar-refractivity contribution in [1.29, 1.82) is 0 Å². The Morgan fingerprint density at radius 2 is 1.88 bits per heavy atom. The molecule has 0 unspecified atom stereocenters. The topological polar surface area (TPSA) is 12.5 Å². The molecule has 0 bridgehead atoms. The minimum absolute atomic E-state index is 0.414. The highest BCUT2D eigenvalue weighted by Crippen LogP contribution is 2.25. The predicted molar refractivity (Wildman–Crippen MR) is 71.0 cm³/mol. The number of hydrogen-bond donors (Lipinski definition) is 0. The van der Waals surface area contributed by atoms with Gasteiger partial charge in [-0.2, -0.15) is 0 Å². The second-order valence-corrected chi connectivity index (χ2v) is 5.03. The zero-order valence-corrected chi connectivity index (χ0v) is 10.9. The van der Waals surface area contributed by atoms with Crippen LogP contribution in [0.1, 0.15) is 31.2 Å². The summed E-state index contributed by atoms with van der Waals surface area (Å²) in [6.45, 7) is 1.02. The molecule has 1 saturated carbocycles. The van der Waals surface area contributed by atoms with Gasteiger partial charge >= 0.3 is 0 Å². The van der Waals surface area contributed by atoms with Crippen LogP contribution in [0.2, 0.25) is 0 Å². The highest BCUT2D eigenvalue weighted by molar-refractivity contribution is 5.14. The molecule has 0 aliphatic heterocycles. The maximum atomic E-state index is 5.62. The van der Waals surface area contributed by atoms with E-state index in [0.717, 1.165) is 6.54 Å². The molecule has 17 heavy (non-hydrogen) atoms. The van der Waals surface area contributed by atoms with Gasteiger partial charge in [0.2, 0.25) is 0 Å². The summed E-state index contributed by atoms with van der Waals surface area (Å²) in [6.07, 6.45) is 5.54. The van der Waals surface area contributed by atoms with Gasteiger partial charge in [0.05, 0.1) is 6.10 Å². The fourth-order valence-electron chi connectivity index (χ4n) is 2.85. The van der Waals surface area contributed by atoms with Crippen LogP contribution >= 0.6 is 0 Å². The molecule has 1 aromatic carbocycles. The molecule has 1 fully saturated rings. The summed E-state index contributed by atoms with van der Waals surface area (Å²) in [7, 11) is 4.06. The van der Waals surface area contributed by atoms with E-state index in [0.29, 0.717) is 12.1 Å². The lowest BCUT2D eigenvalue weighted by Crippen LogP contribution is -2.43. The second-order valence-electron chi connectivity index (χ2n) is 5.03. The molecular weight excluding hydrogens is 210 g/mol. The van der Waals surface area contributed by atoms with Gasteiger partial charge in [-0.1, -0.05) is 43.2 Å². The molecule has 0 N–H and O–H groups in total. The Bertz CT molecular complexity index is 325. The van der Waals surface area contributed by atoms with E-state index in [1.54, 1.807) is 0 Å². The Hall–Kier alpha value is -0.860. The first kappa shape index (κ1) is 12.6. The van der Waals surface area contributed by atoms with Crippen molar-refractivity contribution in [1.82, 2.24) is 4.90 Å². The highest BCUT2D eigenvalue weighted by atomic mass is 16.5. The molecule has 0 saturated heterocycles. The van der Waals surface area contributed by atoms with E-state index < -0.39 is 0 Å². The van der Waals surface area contributed by atoms with Gasteiger partial charge in [0.25, 0.3) is 0 Å². The third kappa shape index (κ3) is 3.30. The van der Waals surface area contributed by atoms with E-state index >= 15 is 0 Å². The van der Waals surface area contributed by atoms with E-state index in [1.807, 2.05) is 7.11 Å². The summed E-state index contributed by atoms with van der Waals surface area (Å²) in [4.78, 5) is 2.45. The maximum Gasteiger partial charge on any atom is 0.0726 e. The molecule has 2 atom stereocenters. The number of nitrogens with zero attached hydrogens (tertiary/aromatic N) is 1. The Morgan fingerprint density at radius 3 is 2.59 bits per heavy atom. The summed E-state index contributed by atoms with van der Waals surface area (Å²) < 4.78 is 5.62. The van der Waals surface area contributed by atoms with Gasteiger partial charge in [0.15, 0.2) is 0 Å². The van der Waals surface area contributed by atoms with E-state index in [9.17, 15) is 0 Å². The van der Waals surface area contributed by atoms with Crippen molar-refractivity contribution in [3.63, 3.8) is 0 Å². The SMILES string of the molecule is CO[C@@H]1CCCC[C@H]1N(C)Cc1ccccc1. The van der Waals surface area contributed by atoms with E-state index in [2.05, 4.69) is 42.3 Å². The van der Waals surface area contributed by atoms with Crippen molar-refractivity contribution in [3.8, 4) is 0 Å². The van der Waals surface area contributed by atoms with Crippen molar-refractivity contribution < 1.29 is 4.74 Å². The van der Waals surface area contributed by atoms with E-state index in [-0.39, 0.29) is 0 Å². The summed E-state index contributed by atoms with van der Waals surface area (Å²) in [5.74, 6) is 0. The molecule has 1 aliphatic carbocycles. The molecule has 2 rings (SSSR count). The van der Waals surface area contributed by atoms with Crippen LogP contribution in [0.4, 0.5) is 0 Å². The smallest absolute Gasteiger partial charge is 0.0726 e. The van der Waals surface area contributed by atoms with Gasteiger partial charge in [0.1, 0.15) is 0 Å². The monoisotopic (exact) mass is 233 g/mol. The molecule has 0 spiro atoms. The first-order valence-electron chi connectivity index (χ1n) is 6.58. The van der Waals surface area contributed by atoms with Crippen LogP contribution in [-0.2, 0) is 11.3 Å². The molecule has 1 aromatic rings. The Labute approximate surface area is 105 Å². The Balaban J connectivity index is 1.96. The van der Waals surface area contributed by atoms with Gasteiger partial charge in [0, 0.05) is 19.7 Å². The van der Waals surface area contributed by atoms with Crippen LogP contribution in [-0.4, -0.2) is 31.2 Å². The molecule has 1 aliphatic rings. The minimum atomic E-state index is 0.414. The van der Waals surface area contributed by atoms with Crippen LogP contribution in [0.5, 0.6) is 0 Å². The number of ether oxygens (including phenoxy) is 1. The van der Waals surface area contributed by atoms with Gasteiger partial charge in [-0.25, -0.2) is 0 Å². The highest BCUT2D eigenvalue weighted by Gasteiger charge is 2.27. The number of benzene rings is 1. The lowest BCUT2D eigenvalue weighted by molar-refractivity contribution is -0.00450. The number of likely N-dealkylation sites (N-methyl/N-ethyl adjacent to an activating group) is 1. The summed E-state index contributed by atoms with van der Waals surface area (Å²) in [6, 6.07) is 11.3. The molecule has 94 valence electrons. The van der Waals surface area contributed by atoms with Crippen LogP contribution in [0.3, 0.4) is 0 Å². The predicted octanol–water partition coefficient (Wildman–Crippen LogP) is 3.08. The first-order chi connectivity index (χ1) is 8.31. The van der Waals surface area contributed by atoms with Gasteiger partial charge in [-0.15, -0.1) is 0 Å². The van der Waals surface area contributed by atoms with Crippen molar-refractivity contribution in [2.24, 2.45) is 0 Å². The second kappa shape index (κ2) is 6.18. The number of hydrogen-bond acceptors (Lipinski definition) is 2. The third-order valence-electron chi connectivity index (χ3n) is 3.81. The van der Waals surface area contributed by atoms with Crippen LogP contribution in [0, 0.1) is 0 Å². The zero-order valence-electron chi connectivity index (χ0n) is 10.9. The lowest BCUT2D eigenvalue weighted by Gasteiger charge is -2.37. The van der Waals surface area contributed by atoms with Crippen LogP contribution in [0.15, 0.2) is 30.3 Å². The van der Waals surface area contributed by atoms with Crippen molar-refractivity contribution in [3.05, 3.63) is 35.9 Å². The zero-order chi connectivity index (χ0) is 12.1. The fourth-order valence-corrected chi connectivity index (χ4v) is 2.85. The molecule has 0 heterocycles. The molecule has 0 amide bonds. The summed E-state index contributed by atoms with van der Waals surface area (Å²) >= 11 is 0. The third-order valence-corrected chi connectivity index (χ3v) is 3.81. The first-order valence-corrected chi connectivity index (χ1v) is 6.58. The van der Waals surface area contributed by atoms with Crippen molar-refractivity contribution in [2.75, 3.05) is 14.2 Å². The average Bonchev–Trinajstić information content (AvgIpc) is 2.40. The molecule has 0 aromatic heterocycles. The van der Waals surface area contributed by atoms with Crippen LogP contribution < -0.4 is 0 Å². The average molecular weight is 233 g/mol. The van der Waals surface area contributed by atoms with Crippen molar-refractivity contribution in [2.45, 2.75) is 44.4 Å². The molecule has 2 heteroatoms. The van der Waals surface area contributed by atoms with Gasteiger partial charge in [-0.05, 0) is 25.5 Å². The van der Waals surface area contributed by atoms with Gasteiger partial charge in [-0.3, -0.25) is 4.90 Å². The Morgan fingerprint density at radius 1 is 1.18 bits per heavy atom. The van der Waals surface area contributed by atoms with Gasteiger partial charge < -0.3 is 4.74 Å². The van der Waals surface area contributed by atoms with E-state index in [4.69, 9.17) is 4.74 Å². The minimum Gasteiger partial charge on any atom is -0.380 e. The fraction of sp³-hybridized carbons (Fsp3) is 0.600. The quantitative estimate of drug-likeness (QED) is 0.792. The summed E-state index contributed by atoms with van der Waals surface area (Å²) in [5.41, 5.74) is 1.38. The largest absolute Gasteiger partial charge is 0.380 e. The molecule has 0 radical (unpaired) electrons. The lowest BCUT2D eigenvalue weighted by atomic mass is 9.91. The molecule has 2 nitrogen and oxygen atoms in total. The maximum absolute atomic E-state index is 5.62. The standard InChI is InChI=1S/C15H23NO/c1-16(12-13-8-4-3-5-9-13)14-10-6-7-11-15(14)17-2/h3-5,8-9,14-15H,6-7,10-12H2,1-2H3/t14-,15-/m1/s1. The normalized spacial score (nSPS) is 25.1. The van der Waals surface area contributed by atoms with E-state index in [1.165, 1.54) is 31.2 Å².